The van der Waals surface area contributed by atoms with Crippen LogP contribution < -0.4 is 15.0 Å². The molecule has 2 atom stereocenters. The molecule has 0 bridgehead atoms. The van der Waals surface area contributed by atoms with Gasteiger partial charge in [-0.15, -0.1) is 0 Å². The maximum absolute atomic E-state index is 5.55. The van der Waals surface area contributed by atoms with Crippen LogP contribution in [-0.4, -0.2) is 41.0 Å². The second-order valence-corrected chi connectivity index (χ2v) is 5.46. The highest BCUT2D eigenvalue weighted by Gasteiger charge is 2.26. The van der Waals surface area contributed by atoms with Crippen LogP contribution in [0.15, 0.2) is 18.2 Å². The van der Waals surface area contributed by atoms with Crippen LogP contribution in [0.4, 0.5) is 5.69 Å². The Morgan fingerprint density at radius 2 is 2.20 bits per heavy atom. The third-order valence-electron chi connectivity index (χ3n) is 4.16. The summed E-state index contributed by atoms with van der Waals surface area (Å²) in [5.41, 5.74) is 2.53. The van der Waals surface area contributed by atoms with E-state index in [2.05, 4.69) is 29.3 Å². The molecule has 1 aromatic rings. The zero-order chi connectivity index (χ0) is 14.5. The van der Waals surface area contributed by atoms with E-state index in [1.54, 1.807) is 14.2 Å². The molecule has 1 heterocycles. The summed E-state index contributed by atoms with van der Waals surface area (Å²) in [6, 6.07) is 6.57. The van der Waals surface area contributed by atoms with E-state index in [4.69, 9.17) is 9.47 Å². The van der Waals surface area contributed by atoms with Crippen LogP contribution in [-0.2, 0) is 4.74 Å². The Morgan fingerprint density at radius 3 is 2.85 bits per heavy atom. The van der Waals surface area contributed by atoms with Gasteiger partial charge in [0.15, 0.2) is 0 Å². The minimum absolute atomic E-state index is 0.266. The third-order valence-corrected chi connectivity index (χ3v) is 4.16. The second-order valence-electron chi connectivity index (χ2n) is 5.46. The lowest BCUT2D eigenvalue weighted by molar-refractivity contribution is 0.161. The number of methoxy groups -OCH3 is 2. The molecule has 4 heteroatoms. The van der Waals surface area contributed by atoms with Gasteiger partial charge in [-0.05, 0) is 32.5 Å². The lowest BCUT2D eigenvalue weighted by atomic mass is 10.0. The van der Waals surface area contributed by atoms with Crippen molar-refractivity contribution >= 4 is 5.69 Å². The number of hydrogen-bond donors (Lipinski definition) is 1. The Labute approximate surface area is 122 Å². The van der Waals surface area contributed by atoms with Gasteiger partial charge in [0.25, 0.3) is 0 Å². The molecule has 0 aromatic heterocycles. The molecule has 20 heavy (non-hydrogen) atoms. The molecule has 1 aliphatic heterocycles. The first-order valence-corrected chi connectivity index (χ1v) is 7.29. The topological polar surface area (TPSA) is 33.7 Å². The molecule has 2 unspecified atom stereocenters. The number of nitrogens with zero attached hydrogens (tertiary/aromatic N) is 1. The molecular weight excluding hydrogens is 252 g/mol. The number of nitrogens with one attached hydrogen (secondary N) is 1. The molecule has 2 rings (SSSR count). The fourth-order valence-corrected chi connectivity index (χ4v) is 2.99. The van der Waals surface area contributed by atoms with E-state index in [0.29, 0.717) is 5.92 Å². The van der Waals surface area contributed by atoms with Crippen LogP contribution in [0.25, 0.3) is 0 Å². The van der Waals surface area contributed by atoms with Crippen molar-refractivity contribution in [2.75, 3.05) is 45.9 Å². The Kier molecular flexibility index (Phi) is 5.26. The maximum Gasteiger partial charge on any atom is 0.125 e. The van der Waals surface area contributed by atoms with E-state index in [1.807, 2.05) is 13.1 Å². The van der Waals surface area contributed by atoms with Crippen LogP contribution in [0, 0.1) is 5.92 Å². The van der Waals surface area contributed by atoms with Crippen molar-refractivity contribution in [1.29, 1.82) is 0 Å². The van der Waals surface area contributed by atoms with Crippen LogP contribution in [0.3, 0.4) is 0 Å². The summed E-state index contributed by atoms with van der Waals surface area (Å²) in [6.07, 6.45) is 1.19. The van der Waals surface area contributed by atoms with Crippen molar-refractivity contribution in [3.63, 3.8) is 0 Å². The van der Waals surface area contributed by atoms with E-state index >= 15 is 0 Å². The molecule has 0 saturated carbocycles. The fourth-order valence-electron chi connectivity index (χ4n) is 2.99. The molecule has 1 N–H and O–H groups in total. The van der Waals surface area contributed by atoms with Gasteiger partial charge in [0, 0.05) is 43.4 Å². The summed E-state index contributed by atoms with van der Waals surface area (Å²) in [6.45, 7) is 5.16. The summed E-state index contributed by atoms with van der Waals surface area (Å²) in [4.78, 5) is 2.45. The van der Waals surface area contributed by atoms with E-state index < -0.39 is 0 Å². The van der Waals surface area contributed by atoms with E-state index in [0.717, 1.165) is 25.4 Å². The van der Waals surface area contributed by atoms with Crippen LogP contribution in [0.5, 0.6) is 5.75 Å². The first kappa shape index (κ1) is 15.1. The average molecular weight is 278 g/mol. The van der Waals surface area contributed by atoms with Gasteiger partial charge in [0.2, 0.25) is 0 Å². The smallest absolute Gasteiger partial charge is 0.125 e. The summed E-state index contributed by atoms with van der Waals surface area (Å²) >= 11 is 0. The highest BCUT2D eigenvalue weighted by molar-refractivity contribution is 5.61. The predicted molar refractivity (Wildman–Crippen MR) is 82.7 cm³/mol. The first-order valence-electron chi connectivity index (χ1n) is 7.29. The number of hydrogen-bond acceptors (Lipinski definition) is 4. The lowest BCUT2D eigenvalue weighted by Gasteiger charge is -2.26. The third kappa shape index (κ3) is 3.07. The number of anilines is 1. The average Bonchev–Trinajstić information content (AvgIpc) is 2.94. The quantitative estimate of drug-likeness (QED) is 0.866. The highest BCUT2D eigenvalue weighted by Crippen LogP contribution is 2.36. The van der Waals surface area contributed by atoms with Crippen molar-refractivity contribution in [2.24, 2.45) is 5.92 Å². The summed E-state index contributed by atoms with van der Waals surface area (Å²) in [5.74, 6) is 1.59. The van der Waals surface area contributed by atoms with Crippen LogP contribution in [0.1, 0.15) is 24.9 Å². The normalized spacial score (nSPS) is 20.2. The van der Waals surface area contributed by atoms with E-state index in [-0.39, 0.29) is 6.04 Å². The molecule has 1 fully saturated rings. The highest BCUT2D eigenvalue weighted by atomic mass is 16.5. The molecule has 1 saturated heterocycles. The van der Waals surface area contributed by atoms with E-state index in [9.17, 15) is 0 Å². The van der Waals surface area contributed by atoms with Crippen LogP contribution in [0.2, 0.25) is 0 Å². The van der Waals surface area contributed by atoms with E-state index in [1.165, 1.54) is 17.7 Å². The van der Waals surface area contributed by atoms with Crippen molar-refractivity contribution in [3.05, 3.63) is 23.8 Å². The minimum Gasteiger partial charge on any atom is -0.496 e. The SMILES string of the molecule is CNC(C)c1c(OC)cccc1N1CCC(COC)C1. The van der Waals surface area contributed by atoms with Crippen molar-refractivity contribution in [3.8, 4) is 5.75 Å². The Balaban J connectivity index is 2.27. The van der Waals surface area contributed by atoms with Gasteiger partial charge in [-0.1, -0.05) is 6.07 Å². The molecule has 112 valence electrons. The number of benzene rings is 1. The summed E-state index contributed by atoms with van der Waals surface area (Å²) in [7, 11) is 5.50. The molecular formula is C16H26N2O2. The molecule has 0 spiro atoms. The van der Waals surface area contributed by atoms with Gasteiger partial charge in [0.05, 0.1) is 13.7 Å². The Hall–Kier alpha value is -1.26. The Bertz CT molecular complexity index is 436. The lowest BCUT2D eigenvalue weighted by Crippen LogP contribution is -2.24. The largest absolute Gasteiger partial charge is 0.496 e. The fraction of sp³-hybridized carbons (Fsp3) is 0.625. The summed E-state index contributed by atoms with van der Waals surface area (Å²) < 4.78 is 10.8. The molecule has 0 amide bonds. The summed E-state index contributed by atoms with van der Waals surface area (Å²) in [5, 5.41) is 3.32. The maximum atomic E-state index is 5.55. The van der Waals surface area contributed by atoms with Gasteiger partial charge in [-0.2, -0.15) is 0 Å². The molecule has 4 nitrogen and oxygen atoms in total. The van der Waals surface area contributed by atoms with Gasteiger partial charge < -0.3 is 19.7 Å². The minimum atomic E-state index is 0.266. The zero-order valence-electron chi connectivity index (χ0n) is 13.0. The van der Waals surface area contributed by atoms with Crippen molar-refractivity contribution < 1.29 is 9.47 Å². The predicted octanol–water partition coefficient (Wildman–Crippen LogP) is 2.45. The molecule has 0 radical (unpaired) electrons. The van der Waals surface area contributed by atoms with Gasteiger partial charge in [-0.25, -0.2) is 0 Å². The standard InChI is InChI=1S/C16H26N2O2/c1-12(17-2)16-14(6-5-7-15(16)20-4)18-9-8-13(10-18)11-19-3/h5-7,12-13,17H,8-11H2,1-4H3. The van der Waals surface area contributed by atoms with Crippen LogP contribution >= 0.6 is 0 Å². The molecule has 1 aromatic carbocycles. The van der Waals surface area contributed by atoms with Crippen molar-refractivity contribution in [2.45, 2.75) is 19.4 Å². The number of rotatable bonds is 6. The molecule has 0 aliphatic carbocycles. The Morgan fingerprint density at radius 1 is 1.40 bits per heavy atom. The second kappa shape index (κ2) is 6.95. The monoisotopic (exact) mass is 278 g/mol. The van der Waals surface area contributed by atoms with Gasteiger partial charge >= 0.3 is 0 Å². The van der Waals surface area contributed by atoms with Gasteiger partial charge in [0.1, 0.15) is 5.75 Å². The number of ether oxygens (including phenoxy) is 2. The molecule has 1 aliphatic rings. The zero-order valence-corrected chi connectivity index (χ0v) is 13.0. The van der Waals surface area contributed by atoms with Crippen molar-refractivity contribution in [1.82, 2.24) is 5.32 Å². The van der Waals surface area contributed by atoms with Gasteiger partial charge in [-0.3, -0.25) is 0 Å². The first-order chi connectivity index (χ1) is 9.71.